The summed E-state index contributed by atoms with van der Waals surface area (Å²) in [6, 6.07) is 21.8. The van der Waals surface area contributed by atoms with Gasteiger partial charge in [-0.25, -0.2) is 13.2 Å². The summed E-state index contributed by atoms with van der Waals surface area (Å²) in [4.78, 5) is 24.7. The molecule has 0 aromatic heterocycles. The average molecular weight is 655 g/mol. The van der Waals surface area contributed by atoms with Crippen molar-refractivity contribution in [3.8, 4) is 0 Å². The molecule has 12 heteroatoms. The second-order valence-corrected chi connectivity index (χ2v) is 12.5. The second-order valence-electron chi connectivity index (χ2n) is 10.6. The number of hydrogen-bond donors (Lipinski definition) is 3. The Bertz CT molecular complexity index is 1470. The summed E-state index contributed by atoms with van der Waals surface area (Å²) < 4.78 is 31.3. The number of carboxylic acid groups (broad SMARTS) is 1. The summed E-state index contributed by atoms with van der Waals surface area (Å²) in [5.41, 5.74) is 14.8. The first-order valence-corrected chi connectivity index (χ1v) is 15.3. The fraction of sp³-hybridized carbons (Fsp3) is 0.355. The second kappa shape index (κ2) is 16.6. The Balaban J connectivity index is 0.00000462. The van der Waals surface area contributed by atoms with E-state index in [0.717, 1.165) is 40.1 Å². The minimum absolute atomic E-state index is 0. The van der Waals surface area contributed by atoms with E-state index in [1.165, 1.54) is 18.2 Å². The first-order chi connectivity index (χ1) is 19.3. The standard InChI is InChI=1S/C31H39N3O6S.2ClH/c1-4-15-34(41(3,38)39)27-18-24(17-26(19-27)29(35)36)21-40-30(37)31(2,33)20-23-10-8-9-22(16-23)13-14-28(32)25-11-6-5-7-12-25;;/h5-12,16-19,28H,4,13-15,20-21,32-33H2,1-3H3,(H,35,36);2*1H. The lowest BCUT2D eigenvalue weighted by atomic mass is 9.92. The fourth-order valence-electron chi connectivity index (χ4n) is 4.61. The van der Waals surface area contributed by atoms with E-state index in [9.17, 15) is 23.1 Å². The van der Waals surface area contributed by atoms with Crippen LogP contribution >= 0.6 is 24.8 Å². The number of aryl methyl sites for hydroxylation is 1. The van der Waals surface area contributed by atoms with E-state index in [0.29, 0.717) is 12.0 Å². The Morgan fingerprint density at radius 3 is 2.23 bits per heavy atom. The number of nitrogens with zero attached hydrogens (tertiary/aromatic N) is 1. The number of esters is 1. The molecule has 0 spiro atoms. The van der Waals surface area contributed by atoms with Crippen LogP contribution in [0.5, 0.6) is 0 Å². The maximum atomic E-state index is 13.0. The van der Waals surface area contributed by atoms with Gasteiger partial charge in [-0.15, -0.1) is 24.8 Å². The number of rotatable bonds is 14. The van der Waals surface area contributed by atoms with Crippen LogP contribution in [-0.4, -0.2) is 43.8 Å². The van der Waals surface area contributed by atoms with Gasteiger partial charge < -0.3 is 21.3 Å². The zero-order valence-electron chi connectivity index (χ0n) is 24.6. The van der Waals surface area contributed by atoms with Gasteiger partial charge in [0.25, 0.3) is 0 Å². The Morgan fingerprint density at radius 1 is 0.977 bits per heavy atom. The van der Waals surface area contributed by atoms with Crippen molar-refractivity contribution in [3.05, 3.63) is 101 Å². The molecule has 9 nitrogen and oxygen atoms in total. The molecule has 2 atom stereocenters. The molecule has 3 aromatic carbocycles. The van der Waals surface area contributed by atoms with Gasteiger partial charge in [-0.2, -0.15) is 0 Å². The zero-order chi connectivity index (χ0) is 30.2. The van der Waals surface area contributed by atoms with E-state index in [-0.39, 0.29) is 61.7 Å². The van der Waals surface area contributed by atoms with Gasteiger partial charge in [0.1, 0.15) is 12.1 Å². The van der Waals surface area contributed by atoms with E-state index >= 15 is 0 Å². The molecule has 0 amide bonds. The summed E-state index contributed by atoms with van der Waals surface area (Å²) >= 11 is 0. The highest BCUT2D eigenvalue weighted by Gasteiger charge is 2.31. The van der Waals surface area contributed by atoms with E-state index in [2.05, 4.69) is 0 Å². The third kappa shape index (κ3) is 11.1. The van der Waals surface area contributed by atoms with Gasteiger partial charge in [-0.05, 0) is 66.6 Å². The normalized spacial score (nSPS) is 13.0. The van der Waals surface area contributed by atoms with Crippen molar-refractivity contribution < 1.29 is 27.9 Å². The zero-order valence-corrected chi connectivity index (χ0v) is 27.0. The number of carbonyl (C=O) groups excluding carboxylic acids is 1. The summed E-state index contributed by atoms with van der Waals surface area (Å²) in [6.07, 6.45) is 3.34. The number of halogens is 2. The van der Waals surface area contributed by atoms with E-state index < -0.39 is 27.5 Å². The number of anilines is 1. The summed E-state index contributed by atoms with van der Waals surface area (Å²) in [6.45, 7) is 3.32. The van der Waals surface area contributed by atoms with Crippen molar-refractivity contribution >= 4 is 52.5 Å². The summed E-state index contributed by atoms with van der Waals surface area (Å²) in [5, 5.41) is 9.57. The van der Waals surface area contributed by atoms with E-state index in [1.807, 2.05) is 61.5 Å². The minimum atomic E-state index is -3.65. The van der Waals surface area contributed by atoms with Crippen LogP contribution in [0.4, 0.5) is 5.69 Å². The number of nitrogens with two attached hydrogens (primary N) is 2. The highest BCUT2D eigenvalue weighted by atomic mass is 35.5. The highest BCUT2D eigenvalue weighted by Crippen LogP contribution is 2.24. The lowest BCUT2D eigenvalue weighted by Crippen LogP contribution is -2.48. The number of benzene rings is 3. The van der Waals surface area contributed by atoms with Crippen LogP contribution < -0.4 is 15.8 Å². The van der Waals surface area contributed by atoms with Crippen molar-refractivity contribution in [1.29, 1.82) is 0 Å². The van der Waals surface area contributed by atoms with Crippen LogP contribution in [0, 0.1) is 0 Å². The van der Waals surface area contributed by atoms with Gasteiger partial charge in [0.15, 0.2) is 0 Å². The molecule has 0 heterocycles. The van der Waals surface area contributed by atoms with Gasteiger partial charge in [-0.1, -0.05) is 61.5 Å². The number of sulfonamides is 1. The van der Waals surface area contributed by atoms with Crippen molar-refractivity contribution in [2.75, 3.05) is 17.1 Å². The van der Waals surface area contributed by atoms with Crippen LogP contribution in [0.3, 0.4) is 0 Å². The lowest BCUT2D eigenvalue weighted by molar-refractivity contribution is -0.150. The molecular weight excluding hydrogens is 613 g/mol. The molecule has 0 saturated heterocycles. The molecule has 0 aliphatic rings. The van der Waals surface area contributed by atoms with Crippen LogP contribution in [-0.2, 0) is 39.0 Å². The predicted octanol–water partition coefficient (Wildman–Crippen LogP) is 5.04. The molecule has 0 radical (unpaired) electrons. The molecule has 5 N–H and O–H groups in total. The Labute approximate surface area is 266 Å². The summed E-state index contributed by atoms with van der Waals surface area (Å²) in [7, 11) is -3.65. The quantitative estimate of drug-likeness (QED) is 0.205. The maximum Gasteiger partial charge on any atom is 0.335 e. The molecule has 0 fully saturated rings. The van der Waals surface area contributed by atoms with Crippen molar-refractivity contribution in [3.63, 3.8) is 0 Å². The highest BCUT2D eigenvalue weighted by molar-refractivity contribution is 7.92. The molecule has 3 rings (SSSR count). The Morgan fingerprint density at radius 2 is 1.63 bits per heavy atom. The number of carboxylic acids is 1. The first kappa shape index (κ1) is 37.9. The molecule has 43 heavy (non-hydrogen) atoms. The monoisotopic (exact) mass is 653 g/mol. The topological polar surface area (TPSA) is 153 Å². The van der Waals surface area contributed by atoms with Gasteiger partial charge in [0, 0.05) is 19.0 Å². The van der Waals surface area contributed by atoms with Gasteiger partial charge in [0.05, 0.1) is 17.5 Å². The number of aromatic carboxylic acids is 1. The molecule has 0 saturated carbocycles. The fourth-order valence-corrected chi connectivity index (χ4v) is 5.61. The van der Waals surface area contributed by atoms with Crippen molar-refractivity contribution in [1.82, 2.24) is 0 Å². The van der Waals surface area contributed by atoms with E-state index in [1.54, 1.807) is 6.92 Å². The number of ether oxygens (including phenoxy) is 1. The maximum absolute atomic E-state index is 13.0. The molecule has 3 aromatic rings. The molecule has 236 valence electrons. The third-order valence-corrected chi connectivity index (χ3v) is 7.90. The SMILES string of the molecule is CCCN(c1cc(COC(=O)C(C)(N)Cc2cccc(CCC(N)c3ccccc3)c2)cc(C(=O)O)c1)S(C)(=O)=O.Cl.Cl. The third-order valence-electron chi connectivity index (χ3n) is 6.71. The molecule has 0 aliphatic carbocycles. The number of carbonyl (C=O) groups is 2. The van der Waals surface area contributed by atoms with Crippen molar-refractivity contribution in [2.45, 2.75) is 57.7 Å². The van der Waals surface area contributed by atoms with Gasteiger partial charge in [-0.3, -0.25) is 9.10 Å². The Hall–Kier alpha value is -3.15. The van der Waals surface area contributed by atoms with Crippen LogP contribution in [0.25, 0.3) is 0 Å². The average Bonchev–Trinajstić information content (AvgIpc) is 2.92. The first-order valence-electron chi connectivity index (χ1n) is 13.5. The molecule has 2 unspecified atom stereocenters. The summed E-state index contributed by atoms with van der Waals surface area (Å²) in [5.74, 6) is -1.89. The van der Waals surface area contributed by atoms with Crippen LogP contribution in [0.15, 0.2) is 72.8 Å². The van der Waals surface area contributed by atoms with E-state index in [4.69, 9.17) is 16.2 Å². The van der Waals surface area contributed by atoms with Crippen LogP contribution in [0.1, 0.15) is 65.3 Å². The largest absolute Gasteiger partial charge is 0.478 e. The van der Waals surface area contributed by atoms with Gasteiger partial charge in [0.2, 0.25) is 10.0 Å². The molecular formula is C31H41Cl2N3O6S. The van der Waals surface area contributed by atoms with Crippen LogP contribution in [0.2, 0.25) is 0 Å². The molecule has 0 aliphatic heterocycles. The lowest BCUT2D eigenvalue weighted by Gasteiger charge is -2.24. The number of hydrogen-bond acceptors (Lipinski definition) is 7. The van der Waals surface area contributed by atoms with Gasteiger partial charge >= 0.3 is 11.9 Å². The van der Waals surface area contributed by atoms with Crippen molar-refractivity contribution in [2.24, 2.45) is 11.5 Å². The minimum Gasteiger partial charge on any atom is -0.478 e. The Kier molecular flexibility index (Phi) is 14.6. The predicted molar refractivity (Wildman–Crippen MR) is 175 cm³/mol. The smallest absolute Gasteiger partial charge is 0.335 e. The molecule has 0 bridgehead atoms.